The second kappa shape index (κ2) is 10.6. The molecule has 0 aliphatic carbocycles. The van der Waals surface area contributed by atoms with Gasteiger partial charge < -0.3 is 14.6 Å². The first-order valence-corrected chi connectivity index (χ1v) is 12.0. The maximum absolute atomic E-state index is 12.4. The first-order chi connectivity index (χ1) is 17.1. The topological polar surface area (TPSA) is 79.4 Å². The van der Waals surface area contributed by atoms with Crippen LogP contribution in [0.15, 0.2) is 77.3 Å². The molecule has 1 fully saturated rings. The molecule has 2 aromatic heterocycles. The number of rotatable bonds is 8. The lowest BCUT2D eigenvalue weighted by molar-refractivity contribution is -0.122. The number of furan rings is 1. The molecule has 180 valence electrons. The van der Waals surface area contributed by atoms with Crippen LogP contribution in [-0.4, -0.2) is 52.0 Å². The summed E-state index contributed by atoms with van der Waals surface area (Å²) in [7, 11) is 0. The van der Waals surface area contributed by atoms with Gasteiger partial charge in [0, 0.05) is 44.0 Å². The fraction of sp³-hybridized carbons (Fsp3) is 0.296. The number of anilines is 1. The Labute approximate surface area is 205 Å². The standard InChI is InChI=1S/C27H30N6O2/c1-21-7-9-22(10-8-21)26-12-11-25(35-26)17-28-27(34)20-33-19-23(29-30-33)18-31-13-15-32(16-14-31)24-5-3-2-4-6-24/h2-12,19H,13-18,20H2,1H3,(H,28,34). The van der Waals surface area contributed by atoms with Crippen LogP contribution in [0.2, 0.25) is 0 Å². The fourth-order valence-electron chi connectivity index (χ4n) is 4.25. The molecular formula is C27H30N6O2. The number of aryl methyl sites for hydroxylation is 1. The minimum absolute atomic E-state index is 0.125. The third-order valence-corrected chi connectivity index (χ3v) is 6.23. The lowest BCUT2D eigenvalue weighted by Crippen LogP contribution is -2.46. The van der Waals surface area contributed by atoms with Gasteiger partial charge in [0.05, 0.1) is 18.4 Å². The Morgan fingerprint density at radius 3 is 2.51 bits per heavy atom. The number of piperazine rings is 1. The third kappa shape index (κ3) is 5.96. The van der Waals surface area contributed by atoms with Gasteiger partial charge in [-0.1, -0.05) is 53.2 Å². The summed E-state index contributed by atoms with van der Waals surface area (Å²) in [5.41, 5.74) is 4.37. The number of nitrogens with one attached hydrogen (secondary N) is 1. The molecule has 1 aliphatic rings. The van der Waals surface area contributed by atoms with Gasteiger partial charge in [-0.2, -0.15) is 0 Å². The zero-order valence-corrected chi connectivity index (χ0v) is 19.9. The van der Waals surface area contributed by atoms with Crippen molar-refractivity contribution in [2.75, 3.05) is 31.1 Å². The van der Waals surface area contributed by atoms with E-state index in [-0.39, 0.29) is 12.5 Å². The molecular weight excluding hydrogens is 440 g/mol. The number of aromatic nitrogens is 3. The Morgan fingerprint density at radius 2 is 1.74 bits per heavy atom. The quantitative estimate of drug-likeness (QED) is 0.425. The highest BCUT2D eigenvalue weighted by Gasteiger charge is 2.18. The van der Waals surface area contributed by atoms with Crippen LogP contribution in [0, 0.1) is 6.92 Å². The Bertz CT molecular complexity index is 1240. The molecule has 0 atom stereocenters. The van der Waals surface area contributed by atoms with Crippen molar-refractivity contribution in [1.82, 2.24) is 25.2 Å². The van der Waals surface area contributed by atoms with Gasteiger partial charge in [0.1, 0.15) is 18.1 Å². The maximum Gasteiger partial charge on any atom is 0.242 e. The van der Waals surface area contributed by atoms with Crippen LogP contribution in [-0.2, 0) is 24.4 Å². The van der Waals surface area contributed by atoms with Crippen molar-refractivity contribution in [2.45, 2.75) is 26.6 Å². The van der Waals surface area contributed by atoms with Crippen molar-refractivity contribution in [1.29, 1.82) is 0 Å². The van der Waals surface area contributed by atoms with Crippen LogP contribution in [0.4, 0.5) is 5.69 Å². The second-order valence-corrected chi connectivity index (χ2v) is 8.91. The molecule has 5 rings (SSSR count). The van der Waals surface area contributed by atoms with Crippen LogP contribution >= 0.6 is 0 Å². The third-order valence-electron chi connectivity index (χ3n) is 6.23. The van der Waals surface area contributed by atoms with E-state index in [4.69, 9.17) is 4.42 Å². The minimum atomic E-state index is -0.133. The van der Waals surface area contributed by atoms with E-state index in [9.17, 15) is 4.79 Å². The van der Waals surface area contributed by atoms with E-state index in [1.807, 2.05) is 36.5 Å². The van der Waals surface area contributed by atoms with Crippen LogP contribution in [0.3, 0.4) is 0 Å². The number of para-hydroxylation sites is 1. The van der Waals surface area contributed by atoms with E-state index in [0.717, 1.165) is 49.7 Å². The summed E-state index contributed by atoms with van der Waals surface area (Å²) in [6.45, 7) is 7.15. The monoisotopic (exact) mass is 470 g/mol. The van der Waals surface area contributed by atoms with Crippen molar-refractivity contribution in [3.05, 3.63) is 89.9 Å². The van der Waals surface area contributed by atoms with E-state index in [2.05, 4.69) is 68.8 Å². The largest absolute Gasteiger partial charge is 0.459 e. The van der Waals surface area contributed by atoms with Crippen LogP contribution in [0.1, 0.15) is 17.0 Å². The molecule has 0 spiro atoms. The summed E-state index contributed by atoms with van der Waals surface area (Å²) in [4.78, 5) is 17.2. The molecule has 1 N–H and O–H groups in total. The molecule has 8 nitrogen and oxygen atoms in total. The number of benzene rings is 2. The zero-order valence-electron chi connectivity index (χ0n) is 19.9. The highest BCUT2D eigenvalue weighted by Crippen LogP contribution is 2.22. The summed E-state index contributed by atoms with van der Waals surface area (Å²) in [5.74, 6) is 1.37. The lowest BCUT2D eigenvalue weighted by atomic mass is 10.1. The smallest absolute Gasteiger partial charge is 0.242 e. The molecule has 0 unspecified atom stereocenters. The van der Waals surface area contributed by atoms with Gasteiger partial charge in [-0.3, -0.25) is 9.69 Å². The zero-order chi connectivity index (χ0) is 24.0. The number of nitrogens with zero attached hydrogens (tertiary/aromatic N) is 5. The molecule has 0 bridgehead atoms. The maximum atomic E-state index is 12.4. The molecule has 3 heterocycles. The number of carbonyl (C=O) groups excluding carboxylic acids is 1. The average Bonchev–Trinajstić information content (AvgIpc) is 3.54. The van der Waals surface area contributed by atoms with Crippen LogP contribution in [0.5, 0.6) is 0 Å². The van der Waals surface area contributed by atoms with Crippen molar-refractivity contribution in [2.24, 2.45) is 0 Å². The molecule has 35 heavy (non-hydrogen) atoms. The van der Waals surface area contributed by atoms with Gasteiger partial charge in [0.15, 0.2) is 0 Å². The fourth-order valence-corrected chi connectivity index (χ4v) is 4.25. The molecule has 1 saturated heterocycles. The van der Waals surface area contributed by atoms with Crippen LogP contribution < -0.4 is 10.2 Å². The molecule has 1 amide bonds. The highest BCUT2D eigenvalue weighted by molar-refractivity contribution is 5.75. The van der Waals surface area contributed by atoms with Gasteiger partial charge in [0.25, 0.3) is 0 Å². The van der Waals surface area contributed by atoms with Crippen molar-refractivity contribution in [3.8, 4) is 11.3 Å². The summed E-state index contributed by atoms with van der Waals surface area (Å²) in [6, 6.07) is 22.5. The van der Waals surface area contributed by atoms with Crippen molar-refractivity contribution >= 4 is 11.6 Å². The Kier molecular flexibility index (Phi) is 6.90. The van der Waals surface area contributed by atoms with Crippen molar-refractivity contribution in [3.63, 3.8) is 0 Å². The van der Waals surface area contributed by atoms with Crippen molar-refractivity contribution < 1.29 is 9.21 Å². The Balaban J connectivity index is 1.06. The lowest BCUT2D eigenvalue weighted by Gasteiger charge is -2.35. The van der Waals surface area contributed by atoms with E-state index in [0.29, 0.717) is 12.3 Å². The Morgan fingerprint density at radius 1 is 0.971 bits per heavy atom. The molecule has 0 radical (unpaired) electrons. The summed E-state index contributed by atoms with van der Waals surface area (Å²) in [6.07, 6.45) is 1.85. The molecule has 1 aliphatic heterocycles. The van der Waals surface area contributed by atoms with E-state index >= 15 is 0 Å². The first-order valence-electron chi connectivity index (χ1n) is 12.0. The van der Waals surface area contributed by atoms with Gasteiger partial charge in [-0.25, -0.2) is 4.68 Å². The molecule has 8 heteroatoms. The molecule has 0 saturated carbocycles. The second-order valence-electron chi connectivity index (χ2n) is 8.91. The number of hydrogen-bond acceptors (Lipinski definition) is 6. The van der Waals surface area contributed by atoms with E-state index in [1.54, 1.807) is 4.68 Å². The number of hydrogen-bond donors (Lipinski definition) is 1. The van der Waals surface area contributed by atoms with Crippen LogP contribution in [0.25, 0.3) is 11.3 Å². The predicted octanol–water partition coefficient (Wildman–Crippen LogP) is 3.49. The van der Waals surface area contributed by atoms with Gasteiger partial charge in [-0.15, -0.1) is 5.10 Å². The number of carbonyl (C=O) groups is 1. The minimum Gasteiger partial charge on any atom is -0.459 e. The van der Waals surface area contributed by atoms with Gasteiger partial charge in [-0.05, 0) is 31.2 Å². The Hall–Kier alpha value is -3.91. The molecule has 2 aromatic carbocycles. The molecule has 4 aromatic rings. The van der Waals surface area contributed by atoms with E-state index in [1.165, 1.54) is 11.3 Å². The van der Waals surface area contributed by atoms with Gasteiger partial charge >= 0.3 is 0 Å². The summed E-state index contributed by atoms with van der Waals surface area (Å²) < 4.78 is 7.46. The normalized spacial score (nSPS) is 14.3. The summed E-state index contributed by atoms with van der Waals surface area (Å²) in [5, 5.41) is 11.3. The SMILES string of the molecule is Cc1ccc(-c2ccc(CNC(=O)Cn3cc(CN4CCN(c5ccccc5)CC4)nn3)o2)cc1. The average molecular weight is 471 g/mol. The van der Waals surface area contributed by atoms with E-state index < -0.39 is 0 Å². The summed E-state index contributed by atoms with van der Waals surface area (Å²) >= 11 is 0. The predicted molar refractivity (Wildman–Crippen MR) is 135 cm³/mol. The number of amides is 1. The van der Waals surface area contributed by atoms with Gasteiger partial charge in [0.2, 0.25) is 5.91 Å². The highest BCUT2D eigenvalue weighted by atomic mass is 16.3. The first kappa shape index (κ1) is 22.9.